The Bertz CT molecular complexity index is 820. The molecule has 2 aromatic heterocycles. The van der Waals surface area contributed by atoms with Crippen molar-refractivity contribution in [2.45, 2.75) is 26.8 Å². The molecule has 0 saturated carbocycles. The number of hydrogen-bond acceptors (Lipinski definition) is 3. The fourth-order valence-corrected chi connectivity index (χ4v) is 3.73. The van der Waals surface area contributed by atoms with Crippen LogP contribution in [0.2, 0.25) is 0 Å². The van der Waals surface area contributed by atoms with Crippen LogP contribution in [0.3, 0.4) is 0 Å². The molecule has 0 unspecified atom stereocenters. The highest BCUT2D eigenvalue weighted by Crippen LogP contribution is 2.34. The van der Waals surface area contributed by atoms with Crippen LogP contribution in [0, 0.1) is 6.92 Å². The topological polar surface area (TPSA) is 60.9 Å². The summed E-state index contributed by atoms with van der Waals surface area (Å²) in [5, 5.41) is 2.77. The Morgan fingerprint density at radius 3 is 2.61 bits per heavy atom. The normalized spacial score (nSPS) is 10.9. The molecule has 2 N–H and O–H groups in total. The maximum Gasteiger partial charge on any atom is 0.251 e. The summed E-state index contributed by atoms with van der Waals surface area (Å²) in [5.74, 6) is -0.394. The molecule has 118 valence electrons. The highest BCUT2D eigenvalue weighted by Gasteiger charge is 2.25. The monoisotopic (exact) mass is 325 g/mol. The first-order valence-corrected chi connectivity index (χ1v) is 8.47. The average molecular weight is 325 g/mol. The standard InChI is InChI=1S/C18H19N3OS/c1-3-14-16(18-20-9-10-23-18)15(17(19)22)12(2)21(14)11-13-7-5-4-6-8-13/h4-10H,3,11H2,1-2H3,(H2,19,22). The van der Waals surface area contributed by atoms with Crippen molar-refractivity contribution in [2.24, 2.45) is 5.73 Å². The number of nitrogens with two attached hydrogens (primary N) is 1. The molecule has 0 fully saturated rings. The van der Waals surface area contributed by atoms with Gasteiger partial charge in [0, 0.05) is 35.1 Å². The lowest BCUT2D eigenvalue weighted by Crippen LogP contribution is -2.13. The van der Waals surface area contributed by atoms with Crippen molar-refractivity contribution >= 4 is 17.2 Å². The summed E-state index contributed by atoms with van der Waals surface area (Å²) in [7, 11) is 0. The minimum absolute atomic E-state index is 0.394. The summed E-state index contributed by atoms with van der Waals surface area (Å²) in [6.45, 7) is 4.78. The Balaban J connectivity index is 2.20. The van der Waals surface area contributed by atoms with Crippen molar-refractivity contribution in [3.63, 3.8) is 0 Å². The van der Waals surface area contributed by atoms with Gasteiger partial charge >= 0.3 is 0 Å². The van der Waals surface area contributed by atoms with Crippen molar-refractivity contribution in [3.8, 4) is 10.6 Å². The Kier molecular flexibility index (Phi) is 4.30. The Morgan fingerprint density at radius 2 is 2.04 bits per heavy atom. The molecule has 1 amide bonds. The summed E-state index contributed by atoms with van der Waals surface area (Å²) in [5.41, 5.74) is 10.4. The largest absolute Gasteiger partial charge is 0.366 e. The molecule has 0 radical (unpaired) electrons. The molecule has 23 heavy (non-hydrogen) atoms. The van der Waals surface area contributed by atoms with Gasteiger partial charge in [0.1, 0.15) is 5.01 Å². The lowest BCUT2D eigenvalue weighted by molar-refractivity contribution is 0.1000. The minimum atomic E-state index is -0.394. The van der Waals surface area contributed by atoms with E-state index in [0.717, 1.165) is 34.9 Å². The van der Waals surface area contributed by atoms with Crippen LogP contribution >= 0.6 is 11.3 Å². The highest BCUT2D eigenvalue weighted by atomic mass is 32.1. The number of rotatable bonds is 5. The van der Waals surface area contributed by atoms with E-state index in [-0.39, 0.29) is 0 Å². The molecule has 5 heteroatoms. The van der Waals surface area contributed by atoms with Gasteiger partial charge in [-0.1, -0.05) is 37.3 Å². The van der Waals surface area contributed by atoms with Gasteiger partial charge in [-0.3, -0.25) is 4.79 Å². The summed E-state index contributed by atoms with van der Waals surface area (Å²) < 4.78 is 2.19. The van der Waals surface area contributed by atoms with Gasteiger partial charge in [0.15, 0.2) is 0 Å². The first kappa shape index (κ1) is 15.5. The van der Waals surface area contributed by atoms with E-state index < -0.39 is 5.91 Å². The van der Waals surface area contributed by atoms with Crippen molar-refractivity contribution < 1.29 is 4.79 Å². The van der Waals surface area contributed by atoms with Gasteiger partial charge in [0.25, 0.3) is 5.91 Å². The maximum atomic E-state index is 12.1. The van der Waals surface area contributed by atoms with Crippen LogP contribution in [0.5, 0.6) is 0 Å². The molecule has 0 aliphatic rings. The van der Waals surface area contributed by atoms with E-state index in [1.807, 2.05) is 30.5 Å². The molecule has 0 atom stereocenters. The van der Waals surface area contributed by atoms with Crippen LogP contribution in [0.15, 0.2) is 41.9 Å². The third kappa shape index (κ3) is 2.80. The summed E-state index contributed by atoms with van der Waals surface area (Å²) in [6.07, 6.45) is 2.57. The van der Waals surface area contributed by atoms with Gasteiger partial charge in [-0.2, -0.15) is 0 Å². The highest BCUT2D eigenvalue weighted by molar-refractivity contribution is 7.13. The zero-order chi connectivity index (χ0) is 16.4. The molecule has 4 nitrogen and oxygen atoms in total. The Hall–Kier alpha value is -2.40. The number of nitrogens with zero attached hydrogens (tertiary/aromatic N) is 2. The predicted octanol–water partition coefficient (Wildman–Crippen LogP) is 3.63. The molecule has 0 saturated heterocycles. The average Bonchev–Trinajstić information content (AvgIpc) is 3.15. The second kappa shape index (κ2) is 6.38. The van der Waals surface area contributed by atoms with E-state index in [1.165, 1.54) is 16.9 Å². The molecule has 1 aromatic carbocycles. The molecule has 0 spiro atoms. The number of carbonyl (C=O) groups is 1. The van der Waals surface area contributed by atoms with Crippen molar-refractivity contribution in [1.29, 1.82) is 0 Å². The van der Waals surface area contributed by atoms with Crippen molar-refractivity contribution in [3.05, 3.63) is 64.4 Å². The van der Waals surface area contributed by atoms with Crippen LogP contribution in [0.4, 0.5) is 0 Å². The number of carbonyl (C=O) groups excluding carboxylic acids is 1. The third-order valence-electron chi connectivity index (χ3n) is 4.04. The quantitative estimate of drug-likeness (QED) is 0.778. The number of hydrogen-bond donors (Lipinski definition) is 1. The van der Waals surface area contributed by atoms with E-state index in [0.29, 0.717) is 5.56 Å². The zero-order valence-electron chi connectivity index (χ0n) is 13.2. The fraction of sp³-hybridized carbons (Fsp3) is 0.222. The van der Waals surface area contributed by atoms with Gasteiger partial charge in [-0.25, -0.2) is 4.98 Å². The zero-order valence-corrected chi connectivity index (χ0v) is 14.1. The van der Waals surface area contributed by atoms with Gasteiger partial charge in [0.2, 0.25) is 0 Å². The van der Waals surface area contributed by atoms with Gasteiger partial charge in [-0.05, 0) is 18.9 Å². The number of amides is 1. The van der Waals surface area contributed by atoms with E-state index in [4.69, 9.17) is 5.73 Å². The Labute approximate surface area is 139 Å². The maximum absolute atomic E-state index is 12.1. The van der Waals surface area contributed by atoms with Crippen LogP contribution in [-0.4, -0.2) is 15.5 Å². The third-order valence-corrected chi connectivity index (χ3v) is 4.83. The van der Waals surface area contributed by atoms with Gasteiger partial charge in [-0.15, -0.1) is 11.3 Å². The number of aromatic nitrogens is 2. The first-order valence-electron chi connectivity index (χ1n) is 7.59. The number of primary amides is 1. The fourth-order valence-electron chi connectivity index (χ4n) is 3.02. The van der Waals surface area contributed by atoms with Crippen LogP contribution in [0.1, 0.15) is 34.2 Å². The lowest BCUT2D eigenvalue weighted by atomic mass is 10.1. The van der Waals surface area contributed by atoms with Gasteiger partial charge in [0.05, 0.1) is 5.56 Å². The van der Waals surface area contributed by atoms with Gasteiger partial charge < -0.3 is 10.3 Å². The van der Waals surface area contributed by atoms with Crippen LogP contribution in [0.25, 0.3) is 10.6 Å². The second-order valence-electron chi connectivity index (χ2n) is 5.41. The van der Waals surface area contributed by atoms with E-state index in [1.54, 1.807) is 6.20 Å². The summed E-state index contributed by atoms with van der Waals surface area (Å²) in [4.78, 5) is 16.5. The van der Waals surface area contributed by atoms with E-state index >= 15 is 0 Å². The van der Waals surface area contributed by atoms with Crippen molar-refractivity contribution in [1.82, 2.24) is 9.55 Å². The first-order chi connectivity index (χ1) is 11.1. The molecule has 3 aromatic rings. The van der Waals surface area contributed by atoms with E-state index in [9.17, 15) is 4.79 Å². The SMILES string of the molecule is CCc1c(-c2nccs2)c(C(N)=O)c(C)n1Cc1ccccc1. The molecule has 0 aliphatic heterocycles. The van der Waals surface area contributed by atoms with Crippen LogP contribution in [-0.2, 0) is 13.0 Å². The predicted molar refractivity (Wildman–Crippen MR) is 93.7 cm³/mol. The van der Waals surface area contributed by atoms with E-state index in [2.05, 4.69) is 28.6 Å². The number of benzene rings is 1. The smallest absolute Gasteiger partial charge is 0.251 e. The van der Waals surface area contributed by atoms with Crippen molar-refractivity contribution in [2.75, 3.05) is 0 Å². The second-order valence-corrected chi connectivity index (χ2v) is 6.30. The molecular weight excluding hydrogens is 306 g/mol. The Morgan fingerprint density at radius 1 is 1.30 bits per heavy atom. The number of thiazole rings is 1. The molecular formula is C18H19N3OS. The summed E-state index contributed by atoms with van der Waals surface area (Å²) in [6, 6.07) is 10.2. The van der Waals surface area contributed by atoms with Crippen LogP contribution < -0.4 is 5.73 Å². The summed E-state index contributed by atoms with van der Waals surface area (Å²) >= 11 is 1.53. The molecule has 0 bridgehead atoms. The molecule has 3 rings (SSSR count). The molecule has 0 aliphatic carbocycles. The molecule has 2 heterocycles. The lowest BCUT2D eigenvalue weighted by Gasteiger charge is -2.11. The minimum Gasteiger partial charge on any atom is -0.366 e.